The second-order valence-corrected chi connectivity index (χ2v) is 5.76. The lowest BCUT2D eigenvalue weighted by molar-refractivity contribution is 0.603. The molecule has 106 valence electrons. The summed E-state index contributed by atoms with van der Waals surface area (Å²) >= 11 is 0. The van der Waals surface area contributed by atoms with Crippen LogP contribution in [-0.4, -0.2) is 15.0 Å². The fourth-order valence-corrected chi connectivity index (χ4v) is 2.66. The van der Waals surface area contributed by atoms with Gasteiger partial charge in [0.15, 0.2) is 0 Å². The Bertz CT molecular complexity index is 818. The van der Waals surface area contributed by atoms with Crippen LogP contribution in [0, 0.1) is 6.92 Å². The molecule has 3 heterocycles. The Labute approximate surface area is 123 Å². The van der Waals surface area contributed by atoms with Crippen LogP contribution in [0.4, 0.5) is 0 Å². The highest BCUT2D eigenvalue weighted by Gasteiger charge is 2.25. The number of rotatable bonds is 3. The van der Waals surface area contributed by atoms with Gasteiger partial charge in [0.25, 0.3) is 0 Å². The summed E-state index contributed by atoms with van der Waals surface area (Å²) in [6, 6.07) is 4.24. The molecule has 3 aromatic rings. The van der Waals surface area contributed by atoms with Crippen LogP contribution >= 0.6 is 0 Å². The van der Waals surface area contributed by atoms with Crippen molar-refractivity contribution in [3.8, 4) is 11.6 Å². The van der Waals surface area contributed by atoms with Gasteiger partial charge >= 0.3 is 0 Å². The summed E-state index contributed by atoms with van der Waals surface area (Å²) in [7, 11) is 0. The highest BCUT2D eigenvalue weighted by Crippen LogP contribution is 2.40. The fourth-order valence-electron chi connectivity index (χ4n) is 2.66. The quantitative estimate of drug-likeness (QED) is 0.726. The lowest BCUT2D eigenvalue weighted by atomic mass is 10.1. The third-order valence-corrected chi connectivity index (χ3v) is 4.00. The van der Waals surface area contributed by atoms with Gasteiger partial charge in [-0.25, -0.2) is 9.97 Å². The molecule has 1 aliphatic rings. The minimum absolute atomic E-state index is 0.572. The number of aryl methyl sites for hydroxylation is 2. The monoisotopic (exact) mass is 279 g/mol. The number of fused-ring (bicyclic) bond motifs is 1. The molecule has 0 aliphatic heterocycles. The Morgan fingerprint density at radius 1 is 1.19 bits per heavy atom. The van der Waals surface area contributed by atoms with Crippen molar-refractivity contribution in [1.82, 2.24) is 15.0 Å². The van der Waals surface area contributed by atoms with Crippen LogP contribution in [0.25, 0.3) is 22.8 Å². The van der Waals surface area contributed by atoms with E-state index >= 15 is 0 Å². The molecule has 4 heteroatoms. The predicted molar refractivity (Wildman–Crippen MR) is 81.1 cm³/mol. The van der Waals surface area contributed by atoms with E-state index in [4.69, 9.17) is 4.42 Å². The zero-order valence-electron chi connectivity index (χ0n) is 12.3. The Morgan fingerprint density at radius 2 is 2.05 bits per heavy atom. The zero-order chi connectivity index (χ0) is 14.4. The first-order chi connectivity index (χ1) is 10.2. The molecule has 0 bridgehead atoms. The van der Waals surface area contributed by atoms with E-state index < -0.39 is 0 Å². The minimum atomic E-state index is 0.572. The van der Waals surface area contributed by atoms with Gasteiger partial charge in [-0.15, -0.1) is 0 Å². The average Bonchev–Trinajstić information content (AvgIpc) is 3.26. The van der Waals surface area contributed by atoms with Crippen molar-refractivity contribution in [2.24, 2.45) is 0 Å². The average molecular weight is 279 g/mol. The molecular formula is C17H17N3O. The number of pyridine rings is 2. The zero-order valence-corrected chi connectivity index (χ0v) is 12.3. The van der Waals surface area contributed by atoms with E-state index in [0.29, 0.717) is 17.5 Å². The Kier molecular flexibility index (Phi) is 2.77. The van der Waals surface area contributed by atoms with E-state index in [2.05, 4.69) is 27.9 Å². The molecule has 0 saturated heterocycles. The molecule has 4 rings (SSSR count). The number of hydrogen-bond donors (Lipinski definition) is 0. The molecule has 0 N–H and O–H groups in total. The summed E-state index contributed by atoms with van der Waals surface area (Å²) in [5, 5.41) is 0. The highest BCUT2D eigenvalue weighted by atomic mass is 16.4. The molecule has 1 saturated carbocycles. The van der Waals surface area contributed by atoms with Crippen molar-refractivity contribution in [3.63, 3.8) is 0 Å². The van der Waals surface area contributed by atoms with Crippen LogP contribution in [0.15, 0.2) is 28.9 Å². The highest BCUT2D eigenvalue weighted by molar-refractivity contribution is 5.73. The summed E-state index contributed by atoms with van der Waals surface area (Å²) < 4.78 is 5.78. The Balaban J connectivity index is 1.83. The lowest BCUT2D eigenvalue weighted by Gasteiger charge is -2.06. The molecule has 0 radical (unpaired) electrons. The van der Waals surface area contributed by atoms with E-state index in [9.17, 15) is 0 Å². The van der Waals surface area contributed by atoms with Gasteiger partial charge in [0, 0.05) is 12.4 Å². The maximum atomic E-state index is 5.78. The third kappa shape index (κ3) is 2.20. The van der Waals surface area contributed by atoms with Crippen LogP contribution in [-0.2, 0) is 6.42 Å². The number of aromatic nitrogens is 3. The molecule has 0 amide bonds. The first kappa shape index (κ1) is 12.5. The molecule has 21 heavy (non-hydrogen) atoms. The third-order valence-electron chi connectivity index (χ3n) is 4.00. The first-order valence-electron chi connectivity index (χ1n) is 7.47. The van der Waals surface area contributed by atoms with Crippen molar-refractivity contribution >= 4 is 11.2 Å². The predicted octanol–water partition coefficient (Wildman–Crippen LogP) is 4.03. The van der Waals surface area contributed by atoms with Crippen molar-refractivity contribution < 1.29 is 4.42 Å². The summed E-state index contributed by atoms with van der Waals surface area (Å²) in [5.74, 6) is 1.28. The van der Waals surface area contributed by atoms with Gasteiger partial charge in [-0.3, -0.25) is 4.98 Å². The van der Waals surface area contributed by atoms with Crippen molar-refractivity contribution in [2.45, 2.75) is 39.0 Å². The van der Waals surface area contributed by atoms with Gasteiger partial charge in [-0.1, -0.05) is 13.0 Å². The van der Waals surface area contributed by atoms with Gasteiger partial charge in [-0.05, 0) is 54.9 Å². The van der Waals surface area contributed by atoms with E-state index in [-0.39, 0.29) is 0 Å². The summed E-state index contributed by atoms with van der Waals surface area (Å²) in [6.45, 7) is 4.14. The smallest absolute Gasteiger partial charge is 0.248 e. The molecule has 1 aliphatic carbocycles. The van der Waals surface area contributed by atoms with Crippen LogP contribution in [0.5, 0.6) is 0 Å². The molecule has 0 aromatic carbocycles. The standard InChI is InChI=1S/C17H17N3O/c1-3-11-7-13(12-4-5-12)9-18-15(11)17-20-14-6-10(2)8-19-16(14)21-17/h6-9,12H,3-5H2,1-2H3. The molecule has 0 unspecified atom stereocenters. The molecule has 1 fully saturated rings. The van der Waals surface area contributed by atoms with Crippen molar-refractivity contribution in [2.75, 3.05) is 0 Å². The van der Waals surface area contributed by atoms with Crippen molar-refractivity contribution in [1.29, 1.82) is 0 Å². The maximum Gasteiger partial charge on any atom is 0.248 e. The fraction of sp³-hybridized carbons (Fsp3) is 0.353. The molecule has 0 atom stereocenters. The summed E-state index contributed by atoms with van der Waals surface area (Å²) in [4.78, 5) is 13.4. The van der Waals surface area contributed by atoms with Crippen LogP contribution in [0.3, 0.4) is 0 Å². The van der Waals surface area contributed by atoms with Crippen LogP contribution in [0.1, 0.15) is 42.4 Å². The van der Waals surface area contributed by atoms with Gasteiger partial charge in [-0.2, -0.15) is 0 Å². The second kappa shape index (κ2) is 4.65. The van der Waals surface area contributed by atoms with Gasteiger partial charge in [0.1, 0.15) is 11.2 Å². The molecular weight excluding hydrogens is 262 g/mol. The van der Waals surface area contributed by atoms with Gasteiger partial charge in [0.05, 0.1) is 0 Å². The van der Waals surface area contributed by atoms with Crippen molar-refractivity contribution in [3.05, 3.63) is 41.2 Å². The number of oxazole rings is 1. The SMILES string of the molecule is CCc1cc(C2CC2)cnc1-c1nc2cc(C)cnc2o1. The van der Waals surface area contributed by atoms with E-state index in [1.165, 1.54) is 24.0 Å². The van der Waals surface area contributed by atoms with E-state index in [1.54, 1.807) is 6.20 Å². The second-order valence-electron chi connectivity index (χ2n) is 5.76. The van der Waals surface area contributed by atoms with Crippen LogP contribution in [0.2, 0.25) is 0 Å². The Morgan fingerprint density at radius 3 is 2.81 bits per heavy atom. The number of hydrogen-bond acceptors (Lipinski definition) is 4. The largest absolute Gasteiger partial charge is 0.416 e. The number of nitrogens with zero attached hydrogens (tertiary/aromatic N) is 3. The van der Waals surface area contributed by atoms with E-state index in [1.807, 2.05) is 19.2 Å². The Hall–Kier alpha value is -2.23. The lowest BCUT2D eigenvalue weighted by Crippen LogP contribution is -1.94. The van der Waals surface area contributed by atoms with Crippen LogP contribution < -0.4 is 0 Å². The molecule has 3 aromatic heterocycles. The first-order valence-corrected chi connectivity index (χ1v) is 7.47. The van der Waals surface area contributed by atoms with E-state index in [0.717, 1.165) is 23.2 Å². The summed E-state index contributed by atoms with van der Waals surface area (Å²) in [6.07, 6.45) is 7.27. The molecule has 0 spiro atoms. The van der Waals surface area contributed by atoms with Gasteiger partial charge < -0.3 is 4.42 Å². The maximum absolute atomic E-state index is 5.78. The van der Waals surface area contributed by atoms with Gasteiger partial charge in [0.2, 0.25) is 11.6 Å². The molecule has 4 nitrogen and oxygen atoms in total. The summed E-state index contributed by atoms with van der Waals surface area (Å²) in [5.41, 5.74) is 5.84. The minimum Gasteiger partial charge on any atom is -0.416 e. The topological polar surface area (TPSA) is 51.8 Å². The normalized spacial score (nSPS) is 14.8.